The summed E-state index contributed by atoms with van der Waals surface area (Å²) in [6, 6.07) is 7.89. The fourth-order valence-electron chi connectivity index (χ4n) is 2.82. The fourth-order valence-corrected chi connectivity index (χ4v) is 3.01. The molecule has 1 fully saturated rings. The lowest BCUT2D eigenvalue weighted by molar-refractivity contribution is 0.171. The van der Waals surface area contributed by atoms with Gasteiger partial charge in [-0.1, -0.05) is 17.7 Å². The molecule has 7 heteroatoms. The summed E-state index contributed by atoms with van der Waals surface area (Å²) in [5, 5.41) is 3.76. The van der Waals surface area contributed by atoms with Gasteiger partial charge in [-0.3, -0.25) is 0 Å². The summed E-state index contributed by atoms with van der Waals surface area (Å²) in [7, 11) is 0. The van der Waals surface area contributed by atoms with Gasteiger partial charge in [-0.2, -0.15) is 4.98 Å². The molecule has 23 heavy (non-hydrogen) atoms. The van der Waals surface area contributed by atoms with Gasteiger partial charge in [0, 0.05) is 6.07 Å². The molecule has 2 aromatic rings. The minimum absolute atomic E-state index is 0.135. The molecule has 0 spiro atoms. The Kier molecular flexibility index (Phi) is 3.61. The van der Waals surface area contributed by atoms with Crippen LogP contribution in [0.15, 0.2) is 24.3 Å². The van der Waals surface area contributed by atoms with Crippen LogP contribution in [-0.2, 0) is 0 Å². The number of fused-ring (bicyclic) bond motifs is 1. The average Bonchev–Trinajstić information content (AvgIpc) is 3.36. The van der Waals surface area contributed by atoms with Crippen molar-refractivity contribution in [2.24, 2.45) is 5.92 Å². The summed E-state index contributed by atoms with van der Waals surface area (Å²) in [5.74, 6) is 2.95. The van der Waals surface area contributed by atoms with Crippen molar-refractivity contribution in [3.05, 3.63) is 35.0 Å². The third kappa shape index (κ3) is 3.12. The second kappa shape index (κ2) is 5.77. The van der Waals surface area contributed by atoms with Crippen LogP contribution < -0.4 is 20.5 Å². The van der Waals surface area contributed by atoms with Gasteiger partial charge in [0.25, 0.3) is 0 Å². The number of anilines is 2. The minimum Gasteiger partial charge on any atom is -0.486 e. The highest BCUT2D eigenvalue weighted by molar-refractivity contribution is 6.29. The largest absolute Gasteiger partial charge is 0.486 e. The minimum atomic E-state index is 0.135. The molecule has 1 aliphatic carbocycles. The fraction of sp³-hybridized carbons (Fsp3) is 0.375. The number of nitrogen functional groups attached to an aromatic ring is 1. The number of ether oxygens (including phenoxy) is 2. The lowest BCUT2D eigenvalue weighted by Gasteiger charge is -2.23. The molecule has 0 amide bonds. The van der Waals surface area contributed by atoms with Crippen LogP contribution in [-0.4, -0.2) is 23.2 Å². The Balaban J connectivity index is 1.63. The van der Waals surface area contributed by atoms with Crippen molar-refractivity contribution in [2.75, 3.05) is 24.3 Å². The van der Waals surface area contributed by atoms with Crippen molar-refractivity contribution in [3.63, 3.8) is 0 Å². The Morgan fingerprint density at radius 1 is 1.13 bits per heavy atom. The van der Waals surface area contributed by atoms with Gasteiger partial charge in [0.2, 0.25) is 5.95 Å². The van der Waals surface area contributed by atoms with Crippen LogP contribution in [0, 0.1) is 5.92 Å². The van der Waals surface area contributed by atoms with E-state index in [1.165, 1.54) is 12.8 Å². The van der Waals surface area contributed by atoms with Gasteiger partial charge in [-0.15, -0.1) is 0 Å². The number of nitrogens with zero attached hydrogens (tertiary/aromatic N) is 2. The summed E-state index contributed by atoms with van der Waals surface area (Å²) in [6.07, 6.45) is 2.36. The molecule has 1 saturated carbocycles. The first-order chi connectivity index (χ1) is 11.2. The van der Waals surface area contributed by atoms with Crippen LogP contribution >= 0.6 is 11.6 Å². The number of hydrogen-bond acceptors (Lipinski definition) is 6. The molecule has 1 aromatic heterocycles. The molecule has 1 aliphatic heterocycles. The monoisotopic (exact) mass is 332 g/mol. The zero-order valence-electron chi connectivity index (χ0n) is 12.5. The Bertz CT molecular complexity index is 716. The maximum absolute atomic E-state index is 5.96. The highest BCUT2D eigenvalue weighted by atomic mass is 35.5. The topological polar surface area (TPSA) is 82.3 Å². The molecule has 120 valence electrons. The Morgan fingerprint density at radius 2 is 1.91 bits per heavy atom. The van der Waals surface area contributed by atoms with E-state index in [2.05, 4.69) is 21.4 Å². The number of aromatic nitrogens is 2. The number of hydrogen-bond donors (Lipinski definition) is 2. The number of halogens is 1. The lowest BCUT2D eigenvalue weighted by atomic mass is 10.0. The maximum atomic E-state index is 5.96. The first-order valence-electron chi connectivity index (χ1n) is 7.65. The molecule has 1 atom stereocenters. The van der Waals surface area contributed by atoms with Gasteiger partial charge < -0.3 is 20.5 Å². The molecule has 0 unspecified atom stereocenters. The number of rotatable bonds is 4. The highest BCUT2D eigenvalue weighted by Gasteiger charge is 2.33. The standard InChI is InChI=1S/C16H17ClN4O2/c17-13-8-14(21-16(18)19-13)20-15(9-1-2-9)10-3-4-11-12(7-10)23-6-5-22-11/h3-4,7-9,15H,1-2,5-6H2,(H3,18,19,20,21)/t15-/m0/s1. The van der Waals surface area contributed by atoms with Crippen molar-refractivity contribution in [3.8, 4) is 11.5 Å². The summed E-state index contributed by atoms with van der Waals surface area (Å²) in [4.78, 5) is 8.10. The molecule has 2 heterocycles. The van der Waals surface area contributed by atoms with Gasteiger partial charge in [-0.05, 0) is 36.5 Å². The normalized spacial score (nSPS) is 17.6. The molecule has 2 aliphatic rings. The summed E-state index contributed by atoms with van der Waals surface area (Å²) >= 11 is 5.96. The second-order valence-corrected chi connectivity index (χ2v) is 6.18. The van der Waals surface area contributed by atoms with Crippen LogP contribution in [0.2, 0.25) is 5.15 Å². The van der Waals surface area contributed by atoms with E-state index in [1.807, 2.05) is 12.1 Å². The lowest BCUT2D eigenvalue weighted by Crippen LogP contribution is -2.18. The highest BCUT2D eigenvalue weighted by Crippen LogP contribution is 2.44. The Morgan fingerprint density at radius 3 is 2.65 bits per heavy atom. The van der Waals surface area contributed by atoms with Crippen molar-refractivity contribution < 1.29 is 9.47 Å². The van der Waals surface area contributed by atoms with Gasteiger partial charge in [0.05, 0.1) is 6.04 Å². The summed E-state index contributed by atoms with van der Waals surface area (Å²) in [6.45, 7) is 1.17. The Hall–Kier alpha value is -2.21. The SMILES string of the molecule is Nc1nc(Cl)cc(N[C@H](c2ccc3c(c2)OCCO3)C2CC2)n1. The predicted octanol–water partition coefficient (Wildman–Crippen LogP) is 3.05. The van der Waals surface area contributed by atoms with Crippen LogP contribution in [0.1, 0.15) is 24.4 Å². The molecule has 4 rings (SSSR count). The van der Waals surface area contributed by atoms with Crippen molar-refractivity contribution in [2.45, 2.75) is 18.9 Å². The summed E-state index contributed by atoms with van der Waals surface area (Å²) < 4.78 is 11.3. The molecule has 3 N–H and O–H groups in total. The Labute approximate surface area is 139 Å². The van der Waals surface area contributed by atoms with E-state index >= 15 is 0 Å². The van der Waals surface area contributed by atoms with E-state index in [0.29, 0.717) is 30.1 Å². The zero-order valence-corrected chi connectivity index (χ0v) is 13.2. The predicted molar refractivity (Wildman–Crippen MR) is 88.0 cm³/mol. The molecule has 6 nitrogen and oxygen atoms in total. The number of benzene rings is 1. The first kappa shape index (κ1) is 14.4. The smallest absolute Gasteiger partial charge is 0.223 e. The van der Waals surface area contributed by atoms with Crippen LogP contribution in [0.3, 0.4) is 0 Å². The van der Waals surface area contributed by atoms with Gasteiger partial charge >= 0.3 is 0 Å². The summed E-state index contributed by atoms with van der Waals surface area (Å²) in [5.41, 5.74) is 6.82. The van der Waals surface area contributed by atoms with Crippen LogP contribution in [0.5, 0.6) is 11.5 Å². The number of nitrogens with one attached hydrogen (secondary N) is 1. The van der Waals surface area contributed by atoms with Crippen molar-refractivity contribution >= 4 is 23.4 Å². The quantitative estimate of drug-likeness (QED) is 0.837. The third-order valence-electron chi connectivity index (χ3n) is 4.03. The molecular weight excluding hydrogens is 316 g/mol. The van der Waals surface area contributed by atoms with Crippen molar-refractivity contribution in [1.82, 2.24) is 9.97 Å². The van der Waals surface area contributed by atoms with E-state index < -0.39 is 0 Å². The number of nitrogens with two attached hydrogens (primary N) is 1. The second-order valence-electron chi connectivity index (χ2n) is 5.80. The van der Waals surface area contributed by atoms with Crippen molar-refractivity contribution in [1.29, 1.82) is 0 Å². The van der Waals surface area contributed by atoms with E-state index in [4.69, 9.17) is 26.8 Å². The third-order valence-corrected chi connectivity index (χ3v) is 4.23. The molecule has 0 bridgehead atoms. The molecule has 0 saturated heterocycles. The average molecular weight is 333 g/mol. The van der Waals surface area contributed by atoms with E-state index in [9.17, 15) is 0 Å². The van der Waals surface area contributed by atoms with Gasteiger partial charge in [-0.25, -0.2) is 4.98 Å². The van der Waals surface area contributed by atoms with Crippen LogP contribution in [0.25, 0.3) is 0 Å². The van der Waals surface area contributed by atoms with Gasteiger partial charge in [0.1, 0.15) is 24.2 Å². The van der Waals surface area contributed by atoms with Gasteiger partial charge in [0.15, 0.2) is 11.5 Å². The maximum Gasteiger partial charge on any atom is 0.223 e. The first-order valence-corrected chi connectivity index (χ1v) is 8.03. The van der Waals surface area contributed by atoms with Crippen LogP contribution in [0.4, 0.5) is 11.8 Å². The zero-order chi connectivity index (χ0) is 15.8. The van der Waals surface area contributed by atoms with E-state index in [-0.39, 0.29) is 12.0 Å². The van der Waals surface area contributed by atoms with E-state index in [0.717, 1.165) is 17.1 Å². The molecule has 1 aromatic carbocycles. The molecule has 0 radical (unpaired) electrons. The molecular formula is C16H17ClN4O2. The van der Waals surface area contributed by atoms with E-state index in [1.54, 1.807) is 6.07 Å².